The predicted molar refractivity (Wildman–Crippen MR) is 55.8 cm³/mol. The first-order valence-corrected chi connectivity index (χ1v) is 6.62. The first-order valence-electron chi connectivity index (χ1n) is 4.57. The Morgan fingerprint density at radius 2 is 1.71 bits per heavy atom. The second kappa shape index (κ2) is 6.57. The third kappa shape index (κ3) is 3.70. The highest BCUT2D eigenvalue weighted by molar-refractivity contribution is 7.57. The summed E-state index contributed by atoms with van der Waals surface area (Å²) in [6, 6.07) is 0. The molecule has 0 spiro atoms. The van der Waals surface area contributed by atoms with Crippen LogP contribution in [-0.2, 0) is 18.4 Å². The van der Waals surface area contributed by atoms with Crippen LogP contribution in [0.4, 0.5) is 0 Å². The van der Waals surface area contributed by atoms with Crippen LogP contribution in [-0.4, -0.2) is 24.1 Å². The fraction of sp³-hybridized carbons (Fsp3) is 0.875. The minimum atomic E-state index is -3.47. The van der Waals surface area contributed by atoms with Crippen molar-refractivity contribution in [3.05, 3.63) is 0 Å². The molecule has 0 saturated carbocycles. The van der Waals surface area contributed by atoms with E-state index in [1.54, 1.807) is 20.8 Å². The molecule has 0 aliphatic carbocycles. The van der Waals surface area contributed by atoms with E-state index in [2.05, 4.69) is 0 Å². The molecule has 0 heterocycles. The van der Waals surface area contributed by atoms with Crippen LogP contribution in [0.15, 0.2) is 0 Å². The van der Waals surface area contributed by atoms with Crippen molar-refractivity contribution < 1.29 is 18.4 Å². The van der Waals surface area contributed by atoms with Gasteiger partial charge in [0.05, 0.1) is 13.2 Å². The average molecular weight is 243 g/mol. The third-order valence-corrected chi connectivity index (χ3v) is 4.55. The van der Waals surface area contributed by atoms with Gasteiger partial charge < -0.3 is 9.05 Å². The SMILES string of the molecule is CCOP(=O)(OCC)C(Cl)C(=O)CC. The quantitative estimate of drug-likeness (QED) is 0.509. The van der Waals surface area contributed by atoms with Crippen molar-refractivity contribution in [2.24, 2.45) is 0 Å². The van der Waals surface area contributed by atoms with Gasteiger partial charge in [-0.25, -0.2) is 0 Å². The van der Waals surface area contributed by atoms with Crippen molar-refractivity contribution in [1.82, 2.24) is 0 Å². The number of ketones is 1. The largest absolute Gasteiger partial charge is 0.355 e. The third-order valence-electron chi connectivity index (χ3n) is 1.51. The lowest BCUT2D eigenvalue weighted by Crippen LogP contribution is -2.17. The van der Waals surface area contributed by atoms with Gasteiger partial charge in [0.15, 0.2) is 10.9 Å². The molecule has 0 radical (unpaired) electrons. The van der Waals surface area contributed by atoms with Crippen LogP contribution >= 0.6 is 19.2 Å². The van der Waals surface area contributed by atoms with E-state index >= 15 is 0 Å². The molecule has 0 amide bonds. The molecule has 0 aromatic heterocycles. The number of halogens is 1. The van der Waals surface area contributed by atoms with Gasteiger partial charge in [-0.05, 0) is 13.8 Å². The minimum Gasteiger partial charge on any atom is -0.308 e. The fourth-order valence-electron chi connectivity index (χ4n) is 0.873. The molecule has 4 nitrogen and oxygen atoms in total. The maximum atomic E-state index is 11.9. The van der Waals surface area contributed by atoms with Gasteiger partial charge >= 0.3 is 7.60 Å². The number of alkyl halides is 1. The van der Waals surface area contributed by atoms with E-state index in [1.165, 1.54) is 0 Å². The highest BCUT2D eigenvalue weighted by atomic mass is 35.5. The fourth-order valence-corrected chi connectivity index (χ4v) is 2.96. The molecule has 6 heteroatoms. The first-order chi connectivity index (χ1) is 6.51. The van der Waals surface area contributed by atoms with Crippen molar-refractivity contribution in [2.75, 3.05) is 13.2 Å². The lowest BCUT2D eigenvalue weighted by atomic mass is 10.3. The van der Waals surface area contributed by atoms with E-state index in [9.17, 15) is 9.36 Å². The molecule has 0 N–H and O–H groups in total. The van der Waals surface area contributed by atoms with Crippen LogP contribution in [0.1, 0.15) is 27.2 Å². The molecule has 1 atom stereocenters. The summed E-state index contributed by atoms with van der Waals surface area (Å²) in [5, 5.41) is -1.19. The molecule has 84 valence electrons. The Kier molecular flexibility index (Phi) is 6.62. The van der Waals surface area contributed by atoms with Crippen LogP contribution in [0.25, 0.3) is 0 Å². The van der Waals surface area contributed by atoms with Crippen molar-refractivity contribution in [3.8, 4) is 0 Å². The van der Waals surface area contributed by atoms with Crippen molar-refractivity contribution in [2.45, 2.75) is 32.3 Å². The Balaban J connectivity index is 4.63. The van der Waals surface area contributed by atoms with Crippen molar-refractivity contribution in [1.29, 1.82) is 0 Å². The van der Waals surface area contributed by atoms with Crippen molar-refractivity contribution in [3.63, 3.8) is 0 Å². The standard InChI is InChI=1S/C8H16ClO4P/c1-4-7(10)8(9)14(11,12-5-2)13-6-3/h8H,4-6H2,1-3H3. The number of Topliss-reactive ketones (excluding diaryl/α,β-unsaturated/α-hetero) is 1. The average Bonchev–Trinajstić information content (AvgIpc) is 2.16. The summed E-state index contributed by atoms with van der Waals surface area (Å²) >= 11 is 5.73. The van der Waals surface area contributed by atoms with Gasteiger partial charge in [-0.3, -0.25) is 9.36 Å². The molecule has 0 aliphatic rings. The van der Waals surface area contributed by atoms with Gasteiger partial charge in [0.2, 0.25) is 0 Å². The van der Waals surface area contributed by atoms with Gasteiger partial charge in [0.25, 0.3) is 0 Å². The Bertz CT molecular complexity index is 221. The Morgan fingerprint density at radius 3 is 2.00 bits per heavy atom. The summed E-state index contributed by atoms with van der Waals surface area (Å²) in [4.78, 5) is 11.2. The van der Waals surface area contributed by atoms with Crippen LogP contribution in [0.3, 0.4) is 0 Å². The summed E-state index contributed by atoms with van der Waals surface area (Å²) in [6.07, 6.45) is 0.221. The molecule has 0 rings (SSSR count). The maximum absolute atomic E-state index is 11.9. The second-order valence-corrected chi connectivity index (χ2v) is 5.38. The lowest BCUT2D eigenvalue weighted by Gasteiger charge is -2.20. The van der Waals surface area contributed by atoms with Gasteiger partial charge in [0, 0.05) is 6.42 Å². The highest BCUT2D eigenvalue weighted by Crippen LogP contribution is 2.55. The van der Waals surface area contributed by atoms with Crippen LogP contribution in [0.5, 0.6) is 0 Å². The lowest BCUT2D eigenvalue weighted by molar-refractivity contribution is -0.117. The molecule has 0 aromatic rings. The van der Waals surface area contributed by atoms with Crippen LogP contribution in [0.2, 0.25) is 0 Å². The number of carbonyl (C=O) groups is 1. The zero-order valence-corrected chi connectivity index (χ0v) is 10.3. The molecule has 0 bridgehead atoms. The second-order valence-electron chi connectivity index (χ2n) is 2.53. The van der Waals surface area contributed by atoms with Gasteiger partial charge in [-0.15, -0.1) is 11.6 Å². The summed E-state index contributed by atoms with van der Waals surface area (Å²) < 4.78 is 21.8. The number of hydrogen-bond acceptors (Lipinski definition) is 4. The number of rotatable bonds is 7. The monoisotopic (exact) mass is 242 g/mol. The zero-order valence-electron chi connectivity index (χ0n) is 8.66. The van der Waals surface area contributed by atoms with E-state index in [-0.39, 0.29) is 25.4 Å². The number of hydrogen-bond donors (Lipinski definition) is 0. The van der Waals surface area contributed by atoms with E-state index in [0.717, 1.165) is 0 Å². The van der Waals surface area contributed by atoms with Crippen molar-refractivity contribution >= 4 is 25.0 Å². The Hall–Kier alpha value is 0.110. The molecular formula is C8H16ClO4P. The van der Waals surface area contributed by atoms with Crippen LogP contribution < -0.4 is 0 Å². The van der Waals surface area contributed by atoms with Gasteiger partial charge in [-0.1, -0.05) is 6.92 Å². The summed E-state index contributed by atoms with van der Waals surface area (Å²) in [5.41, 5.74) is 0. The number of carbonyl (C=O) groups excluding carboxylic acids is 1. The molecule has 0 fully saturated rings. The molecule has 1 unspecified atom stereocenters. The highest BCUT2D eigenvalue weighted by Gasteiger charge is 2.38. The van der Waals surface area contributed by atoms with E-state index in [4.69, 9.17) is 20.6 Å². The van der Waals surface area contributed by atoms with E-state index in [0.29, 0.717) is 0 Å². The summed E-state index contributed by atoms with van der Waals surface area (Å²) in [7, 11) is -3.47. The van der Waals surface area contributed by atoms with Gasteiger partial charge in [0.1, 0.15) is 0 Å². The maximum Gasteiger partial charge on any atom is 0.355 e. The zero-order chi connectivity index (χ0) is 11.2. The summed E-state index contributed by atoms with van der Waals surface area (Å²) in [6.45, 7) is 5.41. The Morgan fingerprint density at radius 1 is 1.29 bits per heavy atom. The molecule has 0 aliphatic heterocycles. The topological polar surface area (TPSA) is 52.6 Å². The van der Waals surface area contributed by atoms with E-state index in [1.807, 2.05) is 0 Å². The minimum absolute atomic E-state index is 0.206. The normalized spacial score (nSPS) is 14.0. The smallest absolute Gasteiger partial charge is 0.308 e. The molecule has 14 heavy (non-hydrogen) atoms. The first kappa shape index (κ1) is 14.1. The predicted octanol–water partition coefficient (Wildman–Crippen LogP) is 2.80. The van der Waals surface area contributed by atoms with Crippen LogP contribution in [0, 0.1) is 0 Å². The van der Waals surface area contributed by atoms with E-state index < -0.39 is 12.7 Å². The summed E-state index contributed by atoms with van der Waals surface area (Å²) in [5.74, 6) is -0.322. The molecule has 0 aromatic carbocycles. The molecule has 0 saturated heterocycles. The Labute approximate surface area is 89.4 Å². The molecular weight excluding hydrogens is 227 g/mol. The van der Waals surface area contributed by atoms with Gasteiger partial charge in [-0.2, -0.15) is 0 Å².